The summed E-state index contributed by atoms with van der Waals surface area (Å²) in [5, 5.41) is 25.1. The maximum Gasteiger partial charge on any atom is 0.269 e. The molecule has 1 amide bonds. The summed E-state index contributed by atoms with van der Waals surface area (Å²) in [7, 11) is 3.37. The number of nitrogens with one attached hydrogen (secondary N) is 1. The third kappa shape index (κ3) is 6.26. The monoisotopic (exact) mass is 317 g/mol. The number of carbonyl (C=O) groups is 1. The lowest BCUT2D eigenvalue weighted by Gasteiger charge is -2.05. The molecule has 0 aliphatic rings. The predicted octanol–water partition coefficient (Wildman–Crippen LogP) is 1.14. The fraction of sp³-hybridized carbons (Fsp3) is 0.214. The number of benzene rings is 1. The van der Waals surface area contributed by atoms with E-state index in [1.54, 1.807) is 37.2 Å². The lowest BCUT2D eigenvalue weighted by atomic mass is 10.2. The van der Waals surface area contributed by atoms with E-state index in [9.17, 15) is 14.9 Å². The van der Waals surface area contributed by atoms with Gasteiger partial charge in [0.15, 0.2) is 0 Å². The largest absolute Gasteiger partial charge is 0.390 e. The highest BCUT2D eigenvalue weighted by atomic mass is 16.6. The Hall–Kier alpha value is -3.41. The molecule has 0 spiro atoms. The average Bonchev–Trinajstić information content (AvgIpc) is 2.52. The van der Waals surface area contributed by atoms with Crippen LogP contribution in [0.25, 0.3) is 0 Å². The van der Waals surface area contributed by atoms with Gasteiger partial charge < -0.3 is 15.1 Å². The molecule has 1 N–H and O–H groups in total. The first-order valence-corrected chi connectivity index (χ1v) is 6.40. The fourth-order valence-electron chi connectivity index (χ4n) is 1.42. The molecule has 0 heterocycles. The molecule has 1 aromatic rings. The highest BCUT2D eigenvalue weighted by molar-refractivity contribution is 6.02. The zero-order valence-electron chi connectivity index (χ0n) is 12.6. The van der Waals surface area contributed by atoms with E-state index in [1.807, 2.05) is 0 Å². The molecule has 0 saturated heterocycles. The van der Waals surface area contributed by atoms with E-state index < -0.39 is 10.8 Å². The number of hydrogen-bond donors (Lipinski definition) is 1. The van der Waals surface area contributed by atoms with Crippen LogP contribution in [-0.4, -0.2) is 36.2 Å². The summed E-state index contributed by atoms with van der Waals surface area (Å²) >= 11 is 0. The van der Waals surface area contributed by atoms with Crippen LogP contribution in [-0.2, 0) is 16.2 Å². The van der Waals surface area contributed by atoms with Gasteiger partial charge in [-0.15, -0.1) is 0 Å². The Kier molecular flexibility index (Phi) is 6.74. The highest BCUT2D eigenvalue weighted by Gasteiger charge is 2.07. The van der Waals surface area contributed by atoms with Crippen LogP contribution < -0.4 is 5.32 Å². The van der Waals surface area contributed by atoms with Crippen LogP contribution in [0.1, 0.15) is 5.56 Å². The van der Waals surface area contributed by atoms with Gasteiger partial charge in [0.1, 0.15) is 24.6 Å². The normalized spacial score (nSPS) is 10.9. The van der Waals surface area contributed by atoms with Crippen molar-refractivity contribution >= 4 is 17.9 Å². The molecular weight excluding hydrogens is 302 g/mol. The van der Waals surface area contributed by atoms with Crippen LogP contribution in [0.5, 0.6) is 0 Å². The van der Waals surface area contributed by atoms with Gasteiger partial charge in [0, 0.05) is 32.4 Å². The maximum absolute atomic E-state index is 11.6. The molecule has 0 saturated carbocycles. The molecule has 0 aliphatic carbocycles. The van der Waals surface area contributed by atoms with Crippen LogP contribution in [0.3, 0.4) is 0 Å². The van der Waals surface area contributed by atoms with Gasteiger partial charge in [-0.3, -0.25) is 14.9 Å². The summed E-state index contributed by atoms with van der Waals surface area (Å²) in [6, 6.07) is 7.56. The van der Waals surface area contributed by atoms with Gasteiger partial charge in [-0.05, 0) is 17.7 Å². The Morgan fingerprint density at radius 3 is 2.65 bits per heavy atom. The second kappa shape index (κ2) is 8.78. The maximum atomic E-state index is 11.6. The molecule has 0 fully saturated rings. The zero-order chi connectivity index (χ0) is 17.2. The minimum absolute atomic E-state index is 0.0128. The number of carbonyl (C=O) groups excluding carboxylic acids is 1. The van der Waals surface area contributed by atoms with Crippen molar-refractivity contribution in [3.05, 3.63) is 51.7 Å². The molecule has 1 aromatic carbocycles. The molecule has 0 aliphatic heterocycles. The van der Waals surface area contributed by atoms with Crippen LogP contribution in [0.15, 0.2) is 41.2 Å². The van der Waals surface area contributed by atoms with E-state index in [2.05, 4.69) is 10.5 Å². The Bertz CT molecular complexity index is 659. The van der Waals surface area contributed by atoms with Crippen molar-refractivity contribution in [2.24, 2.45) is 5.16 Å². The molecule has 1 rings (SSSR count). The standard InChI is InChI=1S/C14H15N5O4/c1-18(2)8-12(7-15)14(20)16-10-17-23-9-11-3-5-13(6-4-11)19(21)22/h3-6,8,10H,9H2,1-2H3,(H,16,17,20)/b12-8-. The smallest absolute Gasteiger partial charge is 0.269 e. The summed E-state index contributed by atoms with van der Waals surface area (Å²) in [5.74, 6) is -0.608. The topological polar surface area (TPSA) is 121 Å². The molecule has 120 valence electrons. The van der Waals surface area contributed by atoms with Crippen molar-refractivity contribution in [2.45, 2.75) is 6.61 Å². The molecule has 0 aromatic heterocycles. The lowest BCUT2D eigenvalue weighted by Crippen LogP contribution is -2.24. The van der Waals surface area contributed by atoms with Crippen molar-refractivity contribution in [3.63, 3.8) is 0 Å². The van der Waals surface area contributed by atoms with E-state index >= 15 is 0 Å². The molecule has 0 radical (unpaired) electrons. The quantitative estimate of drug-likeness (QED) is 0.201. The first-order chi connectivity index (χ1) is 10.9. The minimum Gasteiger partial charge on any atom is -0.390 e. The Labute approximate surface area is 132 Å². The number of nitriles is 1. The van der Waals surface area contributed by atoms with Crippen molar-refractivity contribution in [1.29, 1.82) is 5.26 Å². The van der Waals surface area contributed by atoms with E-state index in [1.165, 1.54) is 18.3 Å². The van der Waals surface area contributed by atoms with Crippen molar-refractivity contribution < 1.29 is 14.6 Å². The van der Waals surface area contributed by atoms with Crippen LogP contribution in [0, 0.1) is 21.4 Å². The molecule has 9 nitrogen and oxygen atoms in total. The van der Waals surface area contributed by atoms with Gasteiger partial charge in [0.25, 0.3) is 11.6 Å². The van der Waals surface area contributed by atoms with Gasteiger partial charge >= 0.3 is 0 Å². The number of non-ortho nitro benzene ring substituents is 1. The van der Waals surface area contributed by atoms with Crippen molar-refractivity contribution in [2.75, 3.05) is 14.1 Å². The van der Waals surface area contributed by atoms with Crippen molar-refractivity contribution in [3.8, 4) is 6.07 Å². The Balaban J connectivity index is 2.44. The number of amides is 1. The Morgan fingerprint density at radius 1 is 1.48 bits per heavy atom. The molecule has 0 atom stereocenters. The van der Waals surface area contributed by atoms with Crippen LogP contribution in [0.4, 0.5) is 5.69 Å². The molecular formula is C14H15N5O4. The fourth-order valence-corrected chi connectivity index (χ4v) is 1.42. The molecule has 23 heavy (non-hydrogen) atoms. The summed E-state index contributed by atoms with van der Waals surface area (Å²) < 4.78 is 0. The number of nitro groups is 1. The van der Waals surface area contributed by atoms with E-state index in [-0.39, 0.29) is 17.9 Å². The van der Waals surface area contributed by atoms with Crippen molar-refractivity contribution in [1.82, 2.24) is 10.2 Å². The number of hydrogen-bond acceptors (Lipinski definition) is 7. The Morgan fingerprint density at radius 2 is 2.13 bits per heavy atom. The van der Waals surface area contributed by atoms with E-state index in [0.29, 0.717) is 5.56 Å². The SMILES string of the molecule is CN(C)/C=C(/C#N)C(=O)N/C=N/OCc1ccc([N+](=O)[O-])cc1. The molecule has 9 heteroatoms. The average molecular weight is 317 g/mol. The number of nitrogens with zero attached hydrogens (tertiary/aromatic N) is 4. The third-order valence-corrected chi connectivity index (χ3v) is 2.45. The zero-order valence-corrected chi connectivity index (χ0v) is 12.6. The van der Waals surface area contributed by atoms with Crippen LogP contribution >= 0.6 is 0 Å². The minimum atomic E-state index is -0.608. The summed E-state index contributed by atoms with van der Waals surface area (Å²) in [5.41, 5.74) is 0.599. The van der Waals surface area contributed by atoms with Gasteiger partial charge in [-0.1, -0.05) is 5.16 Å². The van der Waals surface area contributed by atoms with Gasteiger partial charge in [-0.2, -0.15) is 5.26 Å². The first-order valence-electron chi connectivity index (χ1n) is 6.40. The van der Waals surface area contributed by atoms with E-state index in [0.717, 1.165) is 6.34 Å². The number of rotatable bonds is 7. The van der Waals surface area contributed by atoms with Gasteiger partial charge in [-0.25, -0.2) is 0 Å². The second-order valence-corrected chi connectivity index (χ2v) is 4.52. The number of oxime groups is 1. The van der Waals surface area contributed by atoms with E-state index in [4.69, 9.17) is 10.1 Å². The molecule has 0 unspecified atom stereocenters. The first kappa shape index (κ1) is 17.6. The van der Waals surface area contributed by atoms with Gasteiger partial charge in [0.05, 0.1) is 4.92 Å². The summed E-state index contributed by atoms with van der Waals surface area (Å²) in [6.45, 7) is 0.0863. The lowest BCUT2D eigenvalue weighted by molar-refractivity contribution is -0.384. The highest BCUT2D eigenvalue weighted by Crippen LogP contribution is 2.12. The summed E-state index contributed by atoms with van der Waals surface area (Å²) in [6.07, 6.45) is 2.40. The van der Waals surface area contributed by atoms with Gasteiger partial charge in [0.2, 0.25) is 0 Å². The van der Waals surface area contributed by atoms with Crippen LogP contribution in [0.2, 0.25) is 0 Å². The second-order valence-electron chi connectivity index (χ2n) is 4.52. The summed E-state index contributed by atoms with van der Waals surface area (Å²) in [4.78, 5) is 28.1. The third-order valence-electron chi connectivity index (χ3n) is 2.45. The predicted molar refractivity (Wildman–Crippen MR) is 81.9 cm³/mol. The molecule has 0 bridgehead atoms. The number of nitro benzene ring substituents is 1.